The molecule has 0 spiro atoms. The lowest BCUT2D eigenvalue weighted by atomic mass is 9.73. The summed E-state index contributed by atoms with van der Waals surface area (Å²) in [6.07, 6.45) is 5.82. The molecule has 5 heteroatoms. The molecule has 0 bridgehead atoms. The largest absolute Gasteiger partial charge is 0.381 e. The van der Waals surface area contributed by atoms with Crippen LogP contribution in [0.2, 0.25) is 0 Å². The summed E-state index contributed by atoms with van der Waals surface area (Å²) < 4.78 is 11.1. The normalized spacial score (nSPS) is 30.4. The molecule has 1 saturated heterocycles. The lowest BCUT2D eigenvalue weighted by Crippen LogP contribution is -2.39. The molecule has 1 aliphatic heterocycles. The van der Waals surface area contributed by atoms with Crippen LogP contribution in [0.15, 0.2) is 4.52 Å². The van der Waals surface area contributed by atoms with Crippen LogP contribution in [0.25, 0.3) is 0 Å². The van der Waals surface area contributed by atoms with Crippen molar-refractivity contribution in [3.05, 3.63) is 11.7 Å². The van der Waals surface area contributed by atoms with E-state index >= 15 is 0 Å². The van der Waals surface area contributed by atoms with Gasteiger partial charge in [0.05, 0.1) is 12.5 Å². The van der Waals surface area contributed by atoms with Crippen LogP contribution in [0.5, 0.6) is 0 Å². The van der Waals surface area contributed by atoms with Crippen molar-refractivity contribution < 1.29 is 9.26 Å². The first-order valence-corrected chi connectivity index (χ1v) is 8.17. The number of nitrogens with zero attached hydrogens (tertiary/aromatic N) is 2. The lowest BCUT2D eigenvalue weighted by Gasteiger charge is -2.32. The van der Waals surface area contributed by atoms with E-state index in [0.29, 0.717) is 24.0 Å². The van der Waals surface area contributed by atoms with E-state index in [1.807, 2.05) is 7.05 Å². The lowest BCUT2D eigenvalue weighted by molar-refractivity contribution is 0.0516. The Hall–Kier alpha value is -0.940. The minimum absolute atomic E-state index is 0.185. The molecule has 1 aliphatic carbocycles. The van der Waals surface area contributed by atoms with Gasteiger partial charge in [-0.05, 0) is 44.6 Å². The maximum absolute atomic E-state index is 5.58. The van der Waals surface area contributed by atoms with Crippen molar-refractivity contribution >= 4 is 0 Å². The average molecular weight is 293 g/mol. The number of hydrogen-bond donors (Lipinski definition) is 1. The summed E-state index contributed by atoms with van der Waals surface area (Å²) in [5, 5.41) is 7.61. The van der Waals surface area contributed by atoms with E-state index in [-0.39, 0.29) is 5.92 Å². The predicted molar refractivity (Wildman–Crippen MR) is 80.3 cm³/mol. The SMILES string of the molecule is CNC1CCOCC1c1nc(C2CCC(C)(C)CC2)no1. The Bertz CT molecular complexity index is 462. The molecule has 1 N–H and O–H groups in total. The molecule has 2 heterocycles. The average Bonchev–Trinajstić information content (AvgIpc) is 2.97. The van der Waals surface area contributed by atoms with E-state index in [0.717, 1.165) is 24.7 Å². The van der Waals surface area contributed by atoms with Gasteiger partial charge in [-0.25, -0.2) is 0 Å². The van der Waals surface area contributed by atoms with E-state index < -0.39 is 0 Å². The van der Waals surface area contributed by atoms with E-state index in [4.69, 9.17) is 14.2 Å². The number of nitrogens with one attached hydrogen (secondary N) is 1. The summed E-state index contributed by atoms with van der Waals surface area (Å²) in [5.41, 5.74) is 0.470. The third-order valence-corrected chi connectivity index (χ3v) is 5.21. The van der Waals surface area contributed by atoms with Crippen molar-refractivity contribution in [2.45, 2.75) is 63.8 Å². The smallest absolute Gasteiger partial charge is 0.233 e. The van der Waals surface area contributed by atoms with Crippen LogP contribution < -0.4 is 5.32 Å². The molecular weight excluding hydrogens is 266 g/mol. The molecule has 0 aromatic carbocycles. The van der Waals surface area contributed by atoms with Crippen LogP contribution in [0, 0.1) is 5.41 Å². The van der Waals surface area contributed by atoms with Gasteiger partial charge in [-0.2, -0.15) is 4.98 Å². The molecule has 1 aromatic rings. The molecule has 3 rings (SSSR count). The van der Waals surface area contributed by atoms with Crippen LogP contribution >= 0.6 is 0 Å². The summed E-state index contributed by atoms with van der Waals surface area (Å²) >= 11 is 0. The number of likely N-dealkylation sites (N-methyl/N-ethyl adjacent to an activating group) is 1. The number of hydrogen-bond acceptors (Lipinski definition) is 5. The molecule has 5 nitrogen and oxygen atoms in total. The number of ether oxygens (including phenoxy) is 1. The van der Waals surface area contributed by atoms with Crippen molar-refractivity contribution in [1.29, 1.82) is 0 Å². The Morgan fingerprint density at radius 2 is 1.95 bits per heavy atom. The second-order valence-corrected chi connectivity index (χ2v) is 7.29. The Kier molecular flexibility index (Phi) is 4.31. The van der Waals surface area contributed by atoms with Crippen LogP contribution in [0.4, 0.5) is 0 Å². The van der Waals surface area contributed by atoms with Crippen molar-refractivity contribution in [3.63, 3.8) is 0 Å². The summed E-state index contributed by atoms with van der Waals surface area (Å²) in [4.78, 5) is 4.71. The van der Waals surface area contributed by atoms with Crippen LogP contribution in [-0.4, -0.2) is 36.4 Å². The zero-order chi connectivity index (χ0) is 14.9. The first-order chi connectivity index (χ1) is 10.1. The fourth-order valence-corrected chi connectivity index (χ4v) is 3.55. The number of aromatic nitrogens is 2. The third kappa shape index (κ3) is 3.29. The molecule has 2 atom stereocenters. The van der Waals surface area contributed by atoms with Gasteiger partial charge in [0.15, 0.2) is 5.82 Å². The fourth-order valence-electron chi connectivity index (χ4n) is 3.55. The maximum Gasteiger partial charge on any atom is 0.233 e. The molecule has 118 valence electrons. The highest BCUT2D eigenvalue weighted by Gasteiger charge is 2.33. The minimum Gasteiger partial charge on any atom is -0.381 e. The quantitative estimate of drug-likeness (QED) is 0.928. The Morgan fingerprint density at radius 3 is 2.67 bits per heavy atom. The fraction of sp³-hybridized carbons (Fsp3) is 0.875. The Balaban J connectivity index is 1.68. The van der Waals surface area contributed by atoms with Gasteiger partial charge in [0.2, 0.25) is 5.89 Å². The maximum atomic E-state index is 5.58. The zero-order valence-corrected chi connectivity index (χ0v) is 13.4. The van der Waals surface area contributed by atoms with E-state index in [1.165, 1.54) is 25.7 Å². The number of rotatable bonds is 3. The van der Waals surface area contributed by atoms with Gasteiger partial charge in [-0.3, -0.25) is 0 Å². The van der Waals surface area contributed by atoms with E-state index in [2.05, 4.69) is 24.3 Å². The van der Waals surface area contributed by atoms with Gasteiger partial charge in [-0.15, -0.1) is 0 Å². The van der Waals surface area contributed by atoms with Crippen LogP contribution in [0.3, 0.4) is 0 Å². The van der Waals surface area contributed by atoms with Crippen LogP contribution in [0.1, 0.15) is 69.5 Å². The topological polar surface area (TPSA) is 60.2 Å². The Labute approximate surface area is 126 Å². The highest BCUT2D eigenvalue weighted by molar-refractivity contribution is 5.05. The highest BCUT2D eigenvalue weighted by Crippen LogP contribution is 2.41. The van der Waals surface area contributed by atoms with Gasteiger partial charge in [0, 0.05) is 18.6 Å². The minimum atomic E-state index is 0.185. The highest BCUT2D eigenvalue weighted by atomic mass is 16.5. The van der Waals surface area contributed by atoms with Gasteiger partial charge in [0.25, 0.3) is 0 Å². The second-order valence-electron chi connectivity index (χ2n) is 7.29. The summed E-state index contributed by atoms with van der Waals surface area (Å²) in [6.45, 7) is 6.18. The predicted octanol–water partition coefficient (Wildman–Crippen LogP) is 2.85. The third-order valence-electron chi connectivity index (χ3n) is 5.21. The van der Waals surface area contributed by atoms with E-state index in [9.17, 15) is 0 Å². The molecule has 1 aromatic heterocycles. The Morgan fingerprint density at radius 1 is 1.19 bits per heavy atom. The molecule has 0 radical (unpaired) electrons. The zero-order valence-electron chi connectivity index (χ0n) is 13.4. The summed E-state index contributed by atoms with van der Waals surface area (Å²) in [6, 6.07) is 0.373. The van der Waals surface area contributed by atoms with E-state index in [1.54, 1.807) is 0 Å². The first-order valence-electron chi connectivity index (χ1n) is 8.17. The van der Waals surface area contributed by atoms with Gasteiger partial charge in [0.1, 0.15) is 0 Å². The molecule has 2 fully saturated rings. The molecule has 1 saturated carbocycles. The monoisotopic (exact) mass is 293 g/mol. The molecule has 2 aliphatic rings. The van der Waals surface area contributed by atoms with Gasteiger partial charge >= 0.3 is 0 Å². The van der Waals surface area contributed by atoms with Crippen molar-refractivity contribution in [2.75, 3.05) is 20.3 Å². The molecular formula is C16H27N3O2. The second kappa shape index (κ2) is 6.05. The van der Waals surface area contributed by atoms with Crippen molar-refractivity contribution in [2.24, 2.45) is 5.41 Å². The summed E-state index contributed by atoms with van der Waals surface area (Å²) in [7, 11) is 1.99. The standard InChI is InChI=1S/C16H27N3O2/c1-16(2)7-4-11(5-8-16)14-18-15(21-19-14)12-10-20-9-6-13(12)17-3/h11-13,17H,4-10H2,1-3H3. The van der Waals surface area contributed by atoms with Crippen molar-refractivity contribution in [3.8, 4) is 0 Å². The van der Waals surface area contributed by atoms with Gasteiger partial charge in [-0.1, -0.05) is 19.0 Å². The summed E-state index contributed by atoms with van der Waals surface area (Å²) in [5.74, 6) is 2.30. The van der Waals surface area contributed by atoms with Gasteiger partial charge < -0.3 is 14.6 Å². The first kappa shape index (κ1) is 15.0. The molecule has 0 amide bonds. The molecule has 21 heavy (non-hydrogen) atoms. The van der Waals surface area contributed by atoms with Crippen LogP contribution in [-0.2, 0) is 4.74 Å². The van der Waals surface area contributed by atoms with Crippen molar-refractivity contribution in [1.82, 2.24) is 15.5 Å². The molecule has 2 unspecified atom stereocenters.